The van der Waals surface area contributed by atoms with Crippen molar-refractivity contribution in [1.82, 2.24) is 15.2 Å². The predicted molar refractivity (Wildman–Crippen MR) is 110 cm³/mol. The monoisotopic (exact) mass is 429 g/mol. The zero-order valence-electron chi connectivity index (χ0n) is 16.5. The number of aliphatic hydroxyl groups is 1. The van der Waals surface area contributed by atoms with E-state index < -0.39 is 12.5 Å². The minimum atomic E-state index is -2.91. The van der Waals surface area contributed by atoms with E-state index in [4.69, 9.17) is 0 Å². The molecule has 1 aliphatic heterocycles. The molecule has 0 atom stereocenters. The Morgan fingerprint density at radius 2 is 1.97 bits per heavy atom. The van der Waals surface area contributed by atoms with Crippen LogP contribution in [-0.2, 0) is 0 Å². The molecule has 162 valence electrons. The molecule has 0 bridgehead atoms. The number of halogens is 2. The van der Waals surface area contributed by atoms with E-state index in [1.807, 2.05) is 0 Å². The average molecular weight is 429 g/mol. The number of pyridine rings is 1. The molecule has 0 radical (unpaired) electrons. The highest BCUT2D eigenvalue weighted by atomic mass is 19.3. The van der Waals surface area contributed by atoms with Crippen molar-refractivity contribution in [3.63, 3.8) is 0 Å². The zero-order valence-corrected chi connectivity index (χ0v) is 16.5. The molecule has 31 heavy (non-hydrogen) atoms. The van der Waals surface area contributed by atoms with E-state index >= 15 is 0 Å². The molecule has 1 fully saturated rings. The molecule has 10 heteroatoms. The summed E-state index contributed by atoms with van der Waals surface area (Å²) in [4.78, 5) is 19.4. The number of anilines is 2. The minimum absolute atomic E-state index is 0.00667. The Bertz CT molecular complexity index is 1020. The maximum atomic E-state index is 12.8. The summed E-state index contributed by atoms with van der Waals surface area (Å²) in [7, 11) is 0. The smallest absolute Gasteiger partial charge is 0.387 e. The first kappa shape index (κ1) is 20.7. The van der Waals surface area contributed by atoms with Crippen molar-refractivity contribution in [3.05, 3.63) is 54.4 Å². The van der Waals surface area contributed by atoms with Gasteiger partial charge in [-0.2, -0.15) is 13.9 Å². The third kappa shape index (κ3) is 4.97. The number of aliphatic hydroxyl groups excluding tert-OH is 1. The number of piperidine rings is 1. The topological polar surface area (TPSA) is 103 Å². The van der Waals surface area contributed by atoms with Crippen LogP contribution in [0.25, 0.3) is 11.3 Å². The van der Waals surface area contributed by atoms with Crippen molar-refractivity contribution in [3.8, 4) is 17.0 Å². The number of rotatable bonds is 6. The van der Waals surface area contributed by atoms with Gasteiger partial charge in [-0.1, -0.05) is 0 Å². The highest BCUT2D eigenvalue weighted by molar-refractivity contribution is 6.05. The number of carbonyl (C=O) groups excluding carboxylic acids is 1. The number of ether oxygens (including phenoxy) is 1. The number of hydrogen-bond donors (Lipinski definition) is 3. The maximum absolute atomic E-state index is 12.8. The molecule has 1 amide bonds. The number of aromatic nitrogens is 3. The molecule has 1 aliphatic rings. The van der Waals surface area contributed by atoms with Gasteiger partial charge in [-0.05, 0) is 49.2 Å². The molecular weight excluding hydrogens is 408 g/mol. The van der Waals surface area contributed by atoms with Crippen LogP contribution in [0.1, 0.15) is 23.2 Å². The van der Waals surface area contributed by atoms with Gasteiger partial charge in [-0.15, -0.1) is 0 Å². The Morgan fingerprint density at radius 1 is 1.23 bits per heavy atom. The third-order valence-corrected chi connectivity index (χ3v) is 5.02. The number of hydrogen-bond acceptors (Lipinski definition) is 6. The van der Waals surface area contributed by atoms with E-state index in [1.54, 1.807) is 18.3 Å². The fourth-order valence-electron chi connectivity index (χ4n) is 3.44. The van der Waals surface area contributed by atoms with Gasteiger partial charge in [0.25, 0.3) is 5.91 Å². The molecule has 3 N–H and O–H groups in total. The molecule has 4 rings (SSSR count). The molecule has 3 heterocycles. The zero-order chi connectivity index (χ0) is 21.8. The first-order valence-corrected chi connectivity index (χ1v) is 9.78. The van der Waals surface area contributed by atoms with Crippen LogP contribution < -0.4 is 15.0 Å². The van der Waals surface area contributed by atoms with Crippen LogP contribution >= 0.6 is 0 Å². The second kappa shape index (κ2) is 9.09. The second-order valence-corrected chi connectivity index (χ2v) is 7.14. The molecule has 1 saturated heterocycles. The van der Waals surface area contributed by atoms with E-state index in [-0.39, 0.29) is 11.9 Å². The summed E-state index contributed by atoms with van der Waals surface area (Å²) < 4.78 is 28.9. The first-order valence-electron chi connectivity index (χ1n) is 9.78. The van der Waals surface area contributed by atoms with E-state index in [0.717, 1.165) is 11.3 Å². The third-order valence-electron chi connectivity index (χ3n) is 5.02. The van der Waals surface area contributed by atoms with Crippen molar-refractivity contribution < 1.29 is 23.4 Å². The van der Waals surface area contributed by atoms with Gasteiger partial charge in [0.05, 0.1) is 17.4 Å². The Hall–Kier alpha value is -3.53. The van der Waals surface area contributed by atoms with Crippen molar-refractivity contribution in [2.24, 2.45) is 0 Å². The fraction of sp³-hybridized carbons (Fsp3) is 0.286. The Balaban J connectivity index is 1.55. The molecule has 3 aromatic rings. The van der Waals surface area contributed by atoms with Gasteiger partial charge in [-0.3, -0.25) is 9.89 Å². The minimum Gasteiger partial charge on any atom is -0.435 e. The lowest BCUT2D eigenvalue weighted by molar-refractivity contribution is -0.0498. The summed E-state index contributed by atoms with van der Waals surface area (Å²) in [6.07, 6.45) is 4.10. The largest absolute Gasteiger partial charge is 0.435 e. The lowest BCUT2D eigenvalue weighted by Crippen LogP contribution is -2.36. The lowest BCUT2D eigenvalue weighted by atomic mass is 10.1. The maximum Gasteiger partial charge on any atom is 0.387 e. The molecule has 0 unspecified atom stereocenters. The molecule has 2 aromatic heterocycles. The Kier molecular flexibility index (Phi) is 6.08. The van der Waals surface area contributed by atoms with Crippen LogP contribution in [0.5, 0.6) is 5.75 Å². The van der Waals surface area contributed by atoms with E-state index in [2.05, 4.69) is 30.1 Å². The number of nitrogens with zero attached hydrogens (tertiary/aromatic N) is 3. The van der Waals surface area contributed by atoms with Gasteiger partial charge in [0.2, 0.25) is 0 Å². The summed E-state index contributed by atoms with van der Waals surface area (Å²) >= 11 is 0. The van der Waals surface area contributed by atoms with Crippen molar-refractivity contribution in [2.45, 2.75) is 25.6 Å². The SMILES string of the molecule is O=C(Nc1ccc(OC(F)F)cc1)c1cnc(N2CCC(O)CC2)c(-c2ccn[nH]2)c1. The Labute approximate surface area is 176 Å². The molecule has 0 aliphatic carbocycles. The van der Waals surface area contributed by atoms with Gasteiger partial charge in [-0.25, -0.2) is 4.98 Å². The Morgan fingerprint density at radius 3 is 2.61 bits per heavy atom. The lowest BCUT2D eigenvalue weighted by Gasteiger charge is -2.31. The van der Waals surface area contributed by atoms with E-state index in [0.29, 0.717) is 43.0 Å². The number of H-pyrrole nitrogens is 1. The van der Waals surface area contributed by atoms with Crippen LogP contribution in [0.15, 0.2) is 48.8 Å². The number of alkyl halides is 2. The highest BCUT2D eigenvalue weighted by Gasteiger charge is 2.22. The van der Waals surface area contributed by atoms with E-state index in [1.165, 1.54) is 30.5 Å². The van der Waals surface area contributed by atoms with Crippen LogP contribution in [-0.4, -0.2) is 52.0 Å². The summed E-state index contributed by atoms with van der Waals surface area (Å²) in [5.74, 6) is 0.324. The van der Waals surface area contributed by atoms with Gasteiger partial charge in [0.1, 0.15) is 11.6 Å². The van der Waals surface area contributed by atoms with Crippen LogP contribution in [0.2, 0.25) is 0 Å². The normalized spacial score (nSPS) is 14.6. The molecule has 1 aromatic carbocycles. The first-order chi connectivity index (χ1) is 15.0. The second-order valence-electron chi connectivity index (χ2n) is 7.14. The van der Waals surface area contributed by atoms with Gasteiger partial charge >= 0.3 is 6.61 Å². The van der Waals surface area contributed by atoms with Gasteiger partial charge < -0.3 is 20.1 Å². The number of aromatic amines is 1. The van der Waals surface area contributed by atoms with Crippen LogP contribution in [0.4, 0.5) is 20.3 Å². The standard InChI is InChI=1S/C21H21F2N5O3/c22-21(23)31-16-3-1-14(2-4-16)26-20(30)13-11-17(18-5-8-25-27-18)19(24-12-13)28-9-6-15(29)7-10-28/h1-5,8,11-12,15,21,29H,6-7,9-10H2,(H,25,27)(H,26,30). The van der Waals surface area contributed by atoms with Crippen molar-refractivity contribution in [1.29, 1.82) is 0 Å². The predicted octanol–water partition coefficient (Wildman–Crippen LogP) is 3.29. The quantitative estimate of drug-likeness (QED) is 0.556. The molecular formula is C21H21F2N5O3. The summed E-state index contributed by atoms with van der Waals surface area (Å²) in [6.45, 7) is -1.59. The van der Waals surface area contributed by atoms with Gasteiger partial charge in [0.15, 0.2) is 0 Å². The van der Waals surface area contributed by atoms with Crippen LogP contribution in [0.3, 0.4) is 0 Å². The average Bonchev–Trinajstić information content (AvgIpc) is 3.30. The van der Waals surface area contributed by atoms with Crippen molar-refractivity contribution >= 4 is 17.4 Å². The van der Waals surface area contributed by atoms with Crippen LogP contribution in [0, 0.1) is 0 Å². The number of carbonyl (C=O) groups is 1. The highest BCUT2D eigenvalue weighted by Crippen LogP contribution is 2.30. The fourth-order valence-corrected chi connectivity index (χ4v) is 3.44. The van der Waals surface area contributed by atoms with E-state index in [9.17, 15) is 18.7 Å². The molecule has 0 saturated carbocycles. The number of benzene rings is 1. The van der Waals surface area contributed by atoms with Crippen molar-refractivity contribution in [2.75, 3.05) is 23.3 Å². The summed E-state index contributed by atoms with van der Waals surface area (Å²) in [5.41, 5.74) is 2.21. The molecule has 0 spiro atoms. The number of amides is 1. The van der Waals surface area contributed by atoms with Gasteiger partial charge in [0, 0.05) is 36.7 Å². The summed E-state index contributed by atoms with van der Waals surface area (Å²) in [6, 6.07) is 9.18. The number of nitrogens with one attached hydrogen (secondary N) is 2. The summed E-state index contributed by atoms with van der Waals surface area (Å²) in [5, 5.41) is 19.4. The molecule has 8 nitrogen and oxygen atoms in total.